The summed E-state index contributed by atoms with van der Waals surface area (Å²) in [6.45, 7) is 0.370. The highest BCUT2D eigenvalue weighted by Gasteiger charge is 2.23. The number of halogens is 1. The Balaban J connectivity index is 1.89. The molecule has 0 fully saturated rings. The molecule has 27 heavy (non-hydrogen) atoms. The van der Waals surface area contributed by atoms with Crippen LogP contribution in [0.25, 0.3) is 0 Å². The number of ether oxygens (including phenoxy) is 4. The van der Waals surface area contributed by atoms with Crippen LogP contribution in [0.1, 0.15) is 22.7 Å². The molecule has 0 saturated heterocycles. The second-order valence-corrected chi connectivity index (χ2v) is 6.39. The van der Waals surface area contributed by atoms with Crippen molar-refractivity contribution >= 4 is 0 Å². The summed E-state index contributed by atoms with van der Waals surface area (Å²) < 4.78 is 34.2. The van der Waals surface area contributed by atoms with Crippen LogP contribution in [-0.2, 0) is 12.8 Å². The second kappa shape index (κ2) is 8.95. The molecule has 0 aromatic heterocycles. The molecule has 0 bridgehead atoms. The number of alkyl halides is 1. The molecular formula is C21H26FNO4. The molecule has 0 spiro atoms. The van der Waals surface area contributed by atoms with Gasteiger partial charge in [0.25, 0.3) is 0 Å². The van der Waals surface area contributed by atoms with Crippen LogP contribution in [0, 0.1) is 0 Å². The Hall–Kier alpha value is -2.47. The van der Waals surface area contributed by atoms with E-state index in [4.69, 9.17) is 18.9 Å². The van der Waals surface area contributed by atoms with E-state index in [0.717, 1.165) is 30.5 Å². The van der Waals surface area contributed by atoms with Gasteiger partial charge in [0.1, 0.15) is 13.3 Å². The molecule has 6 heteroatoms. The van der Waals surface area contributed by atoms with Crippen LogP contribution in [-0.4, -0.2) is 41.2 Å². The minimum atomic E-state index is -0.534. The van der Waals surface area contributed by atoms with Crippen molar-refractivity contribution in [3.63, 3.8) is 0 Å². The van der Waals surface area contributed by atoms with E-state index in [0.29, 0.717) is 23.0 Å². The molecule has 1 atom stereocenters. The molecule has 1 heterocycles. The topological polar surface area (TPSA) is 49.0 Å². The second-order valence-electron chi connectivity index (χ2n) is 6.39. The molecule has 1 aliphatic heterocycles. The fourth-order valence-electron chi connectivity index (χ4n) is 3.50. The van der Waals surface area contributed by atoms with E-state index >= 15 is 0 Å². The maximum Gasteiger partial charge on any atom is 0.161 e. The van der Waals surface area contributed by atoms with E-state index in [1.165, 1.54) is 5.56 Å². The number of hydrogen-bond donors (Lipinski definition) is 1. The predicted molar refractivity (Wildman–Crippen MR) is 102 cm³/mol. The molecule has 0 amide bonds. The summed E-state index contributed by atoms with van der Waals surface area (Å²) in [5, 5.41) is 3.57. The Bertz CT molecular complexity index is 781. The molecule has 1 N–H and O–H groups in total. The van der Waals surface area contributed by atoms with Crippen molar-refractivity contribution in [2.75, 3.05) is 41.2 Å². The largest absolute Gasteiger partial charge is 0.493 e. The minimum absolute atomic E-state index is 0.0168. The lowest BCUT2D eigenvalue weighted by Crippen LogP contribution is -2.31. The van der Waals surface area contributed by atoms with Crippen molar-refractivity contribution in [2.45, 2.75) is 18.9 Å². The summed E-state index contributed by atoms with van der Waals surface area (Å²) >= 11 is 0. The van der Waals surface area contributed by atoms with E-state index in [9.17, 15) is 4.39 Å². The number of nitrogens with one attached hydrogen (secondary N) is 1. The summed E-state index contributed by atoms with van der Waals surface area (Å²) in [6, 6.07) is 10.1. The van der Waals surface area contributed by atoms with Crippen LogP contribution in [0.4, 0.5) is 4.39 Å². The first-order valence-corrected chi connectivity index (χ1v) is 9.04. The number of benzene rings is 2. The number of fused-ring (bicyclic) bond motifs is 1. The first-order chi connectivity index (χ1) is 13.2. The van der Waals surface area contributed by atoms with Crippen LogP contribution in [0.15, 0.2) is 30.3 Å². The molecule has 0 radical (unpaired) electrons. The maximum absolute atomic E-state index is 12.6. The molecule has 1 unspecified atom stereocenters. The highest BCUT2D eigenvalue weighted by Crippen LogP contribution is 2.37. The number of hydrogen-bond acceptors (Lipinski definition) is 5. The molecule has 0 aliphatic carbocycles. The molecule has 146 valence electrons. The van der Waals surface area contributed by atoms with Gasteiger partial charge in [-0.1, -0.05) is 6.07 Å². The summed E-state index contributed by atoms with van der Waals surface area (Å²) in [6.07, 6.45) is 1.71. The Morgan fingerprint density at radius 2 is 1.70 bits per heavy atom. The van der Waals surface area contributed by atoms with Crippen molar-refractivity contribution < 1.29 is 23.3 Å². The third-order valence-corrected chi connectivity index (χ3v) is 4.81. The lowest BCUT2D eigenvalue weighted by Gasteiger charge is -2.28. The van der Waals surface area contributed by atoms with Gasteiger partial charge >= 0.3 is 0 Å². The molecule has 1 aliphatic rings. The summed E-state index contributed by atoms with van der Waals surface area (Å²) in [4.78, 5) is 0. The first-order valence-electron chi connectivity index (χ1n) is 9.04. The quantitative estimate of drug-likeness (QED) is 0.765. The van der Waals surface area contributed by atoms with Gasteiger partial charge in [-0.05, 0) is 60.3 Å². The van der Waals surface area contributed by atoms with Gasteiger partial charge < -0.3 is 24.3 Å². The minimum Gasteiger partial charge on any atom is -0.493 e. The molecule has 2 aromatic carbocycles. The van der Waals surface area contributed by atoms with Crippen molar-refractivity contribution in [3.05, 3.63) is 47.0 Å². The van der Waals surface area contributed by atoms with Crippen molar-refractivity contribution in [2.24, 2.45) is 0 Å². The van der Waals surface area contributed by atoms with E-state index in [-0.39, 0.29) is 12.6 Å². The third-order valence-electron chi connectivity index (χ3n) is 4.81. The highest BCUT2D eigenvalue weighted by molar-refractivity contribution is 5.50. The smallest absolute Gasteiger partial charge is 0.161 e. The van der Waals surface area contributed by atoms with Crippen molar-refractivity contribution in [1.82, 2.24) is 5.32 Å². The van der Waals surface area contributed by atoms with E-state index < -0.39 is 6.67 Å². The summed E-state index contributed by atoms with van der Waals surface area (Å²) in [7, 11) is 4.87. The van der Waals surface area contributed by atoms with Crippen LogP contribution in [0.5, 0.6) is 23.0 Å². The Morgan fingerprint density at radius 1 is 0.963 bits per heavy atom. The Labute approximate surface area is 159 Å². The number of rotatable bonds is 8. The molecule has 3 rings (SSSR count). The number of methoxy groups -OCH3 is 3. The third kappa shape index (κ3) is 4.27. The van der Waals surface area contributed by atoms with Crippen molar-refractivity contribution in [1.29, 1.82) is 0 Å². The first kappa shape index (κ1) is 19.3. The fourth-order valence-corrected chi connectivity index (χ4v) is 3.50. The zero-order valence-corrected chi connectivity index (χ0v) is 16.0. The normalized spacial score (nSPS) is 15.8. The molecule has 0 saturated carbocycles. The summed E-state index contributed by atoms with van der Waals surface area (Å²) in [5.41, 5.74) is 3.52. The van der Waals surface area contributed by atoms with E-state index in [1.54, 1.807) is 21.3 Å². The average molecular weight is 375 g/mol. The van der Waals surface area contributed by atoms with Crippen LogP contribution in [0.2, 0.25) is 0 Å². The molecular weight excluding hydrogens is 349 g/mol. The van der Waals surface area contributed by atoms with Gasteiger partial charge in [-0.3, -0.25) is 0 Å². The standard InChI is InChI=1S/C21H26FNO4/c1-24-18-5-4-14(11-19(18)25-2)10-17-16-13-21(27-9-7-22)20(26-3)12-15(16)6-8-23-17/h4-5,11-13,17,23H,6-10H2,1-3H3. The molecule has 2 aromatic rings. The predicted octanol–water partition coefficient (Wildman–Crippen LogP) is 3.49. The van der Waals surface area contributed by atoms with Gasteiger partial charge in [-0.15, -0.1) is 0 Å². The summed E-state index contributed by atoms with van der Waals surface area (Å²) in [5.74, 6) is 2.65. The van der Waals surface area contributed by atoms with Crippen LogP contribution >= 0.6 is 0 Å². The van der Waals surface area contributed by atoms with Gasteiger partial charge in [0.05, 0.1) is 21.3 Å². The van der Waals surface area contributed by atoms with Crippen molar-refractivity contribution in [3.8, 4) is 23.0 Å². The van der Waals surface area contributed by atoms with Crippen LogP contribution in [0.3, 0.4) is 0 Å². The Kier molecular flexibility index (Phi) is 6.40. The van der Waals surface area contributed by atoms with Gasteiger partial charge in [-0.2, -0.15) is 0 Å². The van der Waals surface area contributed by atoms with E-state index in [2.05, 4.69) is 5.32 Å². The average Bonchev–Trinajstić information content (AvgIpc) is 2.71. The fraction of sp³-hybridized carbons (Fsp3) is 0.429. The lowest BCUT2D eigenvalue weighted by atomic mass is 9.89. The van der Waals surface area contributed by atoms with Crippen LogP contribution < -0.4 is 24.3 Å². The SMILES string of the molecule is COc1ccc(CC2NCCc3cc(OC)c(OCCF)cc32)cc1OC. The highest BCUT2D eigenvalue weighted by atomic mass is 19.1. The monoisotopic (exact) mass is 375 g/mol. The maximum atomic E-state index is 12.6. The zero-order valence-electron chi connectivity index (χ0n) is 16.0. The van der Waals surface area contributed by atoms with Gasteiger partial charge in [0, 0.05) is 6.04 Å². The Morgan fingerprint density at radius 3 is 2.41 bits per heavy atom. The molecule has 5 nitrogen and oxygen atoms in total. The van der Waals surface area contributed by atoms with E-state index in [1.807, 2.05) is 30.3 Å². The van der Waals surface area contributed by atoms with Gasteiger partial charge in [-0.25, -0.2) is 4.39 Å². The lowest BCUT2D eigenvalue weighted by molar-refractivity contribution is 0.259. The van der Waals surface area contributed by atoms with Gasteiger partial charge in [0.15, 0.2) is 23.0 Å². The zero-order chi connectivity index (χ0) is 19.2. The van der Waals surface area contributed by atoms with Gasteiger partial charge in [0.2, 0.25) is 0 Å².